The van der Waals surface area contributed by atoms with Crippen molar-refractivity contribution in [2.75, 3.05) is 26.2 Å². The zero-order valence-corrected chi connectivity index (χ0v) is 11.0. The van der Waals surface area contributed by atoms with Crippen molar-refractivity contribution in [3.8, 4) is 0 Å². The van der Waals surface area contributed by atoms with Gasteiger partial charge in [0.1, 0.15) is 0 Å². The summed E-state index contributed by atoms with van der Waals surface area (Å²) in [6.07, 6.45) is 8.90. The van der Waals surface area contributed by atoms with Crippen LogP contribution >= 0.6 is 0 Å². The van der Waals surface area contributed by atoms with Gasteiger partial charge in [0.05, 0.1) is 6.54 Å². The predicted molar refractivity (Wildman–Crippen MR) is 73.3 cm³/mol. The van der Waals surface area contributed by atoms with Gasteiger partial charge in [-0.2, -0.15) is 0 Å². The Hall–Kier alpha value is -0.990. The van der Waals surface area contributed by atoms with Gasteiger partial charge in [-0.05, 0) is 31.6 Å². The predicted octanol–water partition coefficient (Wildman–Crippen LogP) is 2.40. The second kappa shape index (κ2) is 5.56. The van der Waals surface area contributed by atoms with Crippen LogP contribution in [0.4, 0.5) is 0 Å². The van der Waals surface area contributed by atoms with Gasteiger partial charge >= 0.3 is 0 Å². The molecule has 0 aromatic carbocycles. The van der Waals surface area contributed by atoms with Crippen LogP contribution in [-0.4, -0.2) is 37.0 Å². The zero-order valence-electron chi connectivity index (χ0n) is 11.0. The third kappa shape index (κ3) is 2.82. The first-order valence-corrected chi connectivity index (χ1v) is 6.94. The molecule has 0 atom stereocenters. The molecule has 0 amide bonds. The molecule has 2 rings (SSSR count). The number of rotatable bonds is 3. The molecule has 96 valence electrons. The molecule has 1 heterocycles. The lowest BCUT2D eigenvalue weighted by atomic mass is 9.86. The number of nitrogens with zero attached hydrogens (tertiary/aromatic N) is 2. The number of likely N-dealkylation sites (tertiary alicyclic amines) is 1. The molecule has 0 aromatic rings. The van der Waals surface area contributed by atoms with E-state index in [9.17, 15) is 0 Å². The SMILES string of the molecule is C=CCN=C(NCC)N1CCC2(CCCC2)C1. The second-order valence-corrected chi connectivity index (χ2v) is 5.36. The number of nitrogens with one attached hydrogen (secondary N) is 1. The Balaban J connectivity index is 1.98. The minimum atomic E-state index is 0.615. The maximum absolute atomic E-state index is 4.58. The molecule has 1 aliphatic heterocycles. The summed E-state index contributed by atoms with van der Waals surface area (Å²) in [7, 11) is 0. The number of aliphatic imine (C=N–C) groups is 1. The van der Waals surface area contributed by atoms with Crippen LogP contribution in [0, 0.1) is 5.41 Å². The van der Waals surface area contributed by atoms with E-state index in [2.05, 4.69) is 28.7 Å². The Bertz CT molecular complexity index is 290. The summed E-state index contributed by atoms with van der Waals surface area (Å²) in [5.74, 6) is 1.08. The van der Waals surface area contributed by atoms with E-state index in [-0.39, 0.29) is 0 Å². The van der Waals surface area contributed by atoms with Crippen molar-refractivity contribution in [2.45, 2.75) is 39.0 Å². The summed E-state index contributed by atoms with van der Waals surface area (Å²) in [5, 5.41) is 3.39. The molecule has 1 aliphatic carbocycles. The van der Waals surface area contributed by atoms with E-state index in [1.807, 2.05) is 6.08 Å². The Morgan fingerprint density at radius 2 is 2.18 bits per heavy atom. The molecular formula is C14H25N3. The van der Waals surface area contributed by atoms with Crippen LogP contribution < -0.4 is 5.32 Å². The molecule has 3 heteroatoms. The van der Waals surface area contributed by atoms with Gasteiger partial charge in [0.15, 0.2) is 5.96 Å². The van der Waals surface area contributed by atoms with Gasteiger partial charge in [-0.15, -0.1) is 6.58 Å². The quantitative estimate of drug-likeness (QED) is 0.462. The average Bonchev–Trinajstić information content (AvgIpc) is 2.96. The maximum Gasteiger partial charge on any atom is 0.194 e. The lowest BCUT2D eigenvalue weighted by Crippen LogP contribution is -2.41. The van der Waals surface area contributed by atoms with Gasteiger partial charge < -0.3 is 10.2 Å². The topological polar surface area (TPSA) is 27.6 Å². The van der Waals surface area contributed by atoms with Gasteiger partial charge in [-0.1, -0.05) is 18.9 Å². The summed E-state index contributed by atoms with van der Waals surface area (Å²) >= 11 is 0. The normalized spacial score (nSPS) is 23.4. The molecule has 0 unspecified atom stereocenters. The number of hydrogen-bond donors (Lipinski definition) is 1. The van der Waals surface area contributed by atoms with Gasteiger partial charge in [-0.3, -0.25) is 0 Å². The summed E-state index contributed by atoms with van der Waals surface area (Å²) in [6, 6.07) is 0. The van der Waals surface area contributed by atoms with E-state index in [0.29, 0.717) is 12.0 Å². The van der Waals surface area contributed by atoms with Gasteiger partial charge in [0, 0.05) is 19.6 Å². The Morgan fingerprint density at radius 3 is 2.82 bits per heavy atom. The van der Waals surface area contributed by atoms with Crippen molar-refractivity contribution in [3.05, 3.63) is 12.7 Å². The van der Waals surface area contributed by atoms with Crippen LogP contribution in [-0.2, 0) is 0 Å². The van der Waals surface area contributed by atoms with E-state index in [1.54, 1.807) is 0 Å². The minimum Gasteiger partial charge on any atom is -0.357 e. The first-order valence-electron chi connectivity index (χ1n) is 6.94. The van der Waals surface area contributed by atoms with Crippen LogP contribution in [0.15, 0.2) is 17.6 Å². The van der Waals surface area contributed by atoms with E-state index >= 15 is 0 Å². The Kier molecular flexibility index (Phi) is 4.08. The van der Waals surface area contributed by atoms with Crippen LogP contribution in [0.2, 0.25) is 0 Å². The fourth-order valence-corrected chi connectivity index (χ4v) is 3.23. The molecule has 0 aromatic heterocycles. The van der Waals surface area contributed by atoms with Crippen LogP contribution in [0.25, 0.3) is 0 Å². The van der Waals surface area contributed by atoms with Crippen molar-refractivity contribution < 1.29 is 0 Å². The number of guanidine groups is 1. The fourth-order valence-electron chi connectivity index (χ4n) is 3.23. The van der Waals surface area contributed by atoms with Crippen molar-refractivity contribution >= 4 is 5.96 Å². The lowest BCUT2D eigenvalue weighted by Gasteiger charge is -2.25. The third-order valence-corrected chi connectivity index (χ3v) is 4.11. The molecule has 1 spiro atoms. The number of hydrogen-bond acceptors (Lipinski definition) is 1. The molecule has 2 fully saturated rings. The highest BCUT2D eigenvalue weighted by molar-refractivity contribution is 5.80. The first kappa shape index (κ1) is 12.5. The molecule has 1 saturated heterocycles. The summed E-state index contributed by atoms with van der Waals surface area (Å²) in [4.78, 5) is 7.02. The largest absolute Gasteiger partial charge is 0.357 e. The van der Waals surface area contributed by atoms with Crippen molar-refractivity contribution in [1.82, 2.24) is 10.2 Å². The third-order valence-electron chi connectivity index (χ3n) is 4.11. The first-order chi connectivity index (χ1) is 8.29. The highest BCUT2D eigenvalue weighted by Crippen LogP contribution is 2.45. The van der Waals surface area contributed by atoms with Crippen LogP contribution in [0.1, 0.15) is 39.0 Å². The molecular weight excluding hydrogens is 210 g/mol. The monoisotopic (exact) mass is 235 g/mol. The minimum absolute atomic E-state index is 0.615. The Labute approximate surface area is 105 Å². The maximum atomic E-state index is 4.58. The smallest absolute Gasteiger partial charge is 0.194 e. The molecule has 2 aliphatic rings. The summed E-state index contributed by atoms with van der Waals surface area (Å²) in [6.45, 7) is 9.90. The second-order valence-electron chi connectivity index (χ2n) is 5.36. The van der Waals surface area contributed by atoms with Gasteiger partial charge in [0.25, 0.3) is 0 Å². The highest BCUT2D eigenvalue weighted by Gasteiger charge is 2.40. The molecule has 1 saturated carbocycles. The van der Waals surface area contributed by atoms with Crippen molar-refractivity contribution in [2.24, 2.45) is 10.4 Å². The molecule has 1 N–H and O–H groups in total. The summed E-state index contributed by atoms with van der Waals surface area (Å²) < 4.78 is 0. The van der Waals surface area contributed by atoms with Gasteiger partial charge in [0.2, 0.25) is 0 Å². The zero-order chi connectivity index (χ0) is 12.1. The van der Waals surface area contributed by atoms with E-state index in [1.165, 1.54) is 45.2 Å². The molecule has 0 bridgehead atoms. The molecule has 0 radical (unpaired) electrons. The van der Waals surface area contributed by atoms with Crippen LogP contribution in [0.3, 0.4) is 0 Å². The molecule has 3 nitrogen and oxygen atoms in total. The highest BCUT2D eigenvalue weighted by atomic mass is 15.3. The fraction of sp³-hybridized carbons (Fsp3) is 0.786. The lowest BCUT2D eigenvalue weighted by molar-refractivity contribution is 0.309. The van der Waals surface area contributed by atoms with Crippen LogP contribution in [0.5, 0.6) is 0 Å². The average molecular weight is 235 g/mol. The van der Waals surface area contributed by atoms with E-state index in [4.69, 9.17) is 0 Å². The molecule has 17 heavy (non-hydrogen) atoms. The Morgan fingerprint density at radius 1 is 1.41 bits per heavy atom. The standard InChI is InChI=1S/C14H25N3/c1-3-10-16-13(15-4-2)17-11-9-14(12-17)7-5-6-8-14/h3H,1,4-12H2,2H3,(H,15,16). The van der Waals surface area contributed by atoms with E-state index < -0.39 is 0 Å². The van der Waals surface area contributed by atoms with Gasteiger partial charge in [-0.25, -0.2) is 4.99 Å². The summed E-state index contributed by atoms with van der Waals surface area (Å²) in [5.41, 5.74) is 0.615. The van der Waals surface area contributed by atoms with Crippen molar-refractivity contribution in [3.63, 3.8) is 0 Å². The van der Waals surface area contributed by atoms with E-state index in [0.717, 1.165) is 12.5 Å². The van der Waals surface area contributed by atoms with Crippen molar-refractivity contribution in [1.29, 1.82) is 0 Å².